The summed E-state index contributed by atoms with van der Waals surface area (Å²) in [6.07, 6.45) is 7.96. The number of rotatable bonds is 4. The van der Waals surface area contributed by atoms with Crippen LogP contribution in [0.4, 0.5) is 0 Å². The van der Waals surface area contributed by atoms with Gasteiger partial charge in [0.05, 0.1) is 38.2 Å². The first-order chi connectivity index (χ1) is 12.6. The van der Waals surface area contributed by atoms with Gasteiger partial charge in [0.15, 0.2) is 0 Å². The molecule has 5 nitrogen and oxygen atoms in total. The fraction of sp³-hybridized carbons (Fsp3) is 0.368. The second kappa shape index (κ2) is 7.21. The van der Waals surface area contributed by atoms with Crippen LogP contribution in [-0.4, -0.2) is 43.4 Å². The van der Waals surface area contributed by atoms with Crippen LogP contribution < -0.4 is 5.32 Å². The lowest BCUT2D eigenvalue weighted by Crippen LogP contribution is -2.35. The standard InChI is InChI=1S/C19H22BrN3O2S/c20-23-11-8-17-18(13-23)22(12-15-6-9-21-10-7-15)14-19(17)26(24,25)16-4-2-1-3-5-16/h1-5,8,11,13,15,21H,6-7,9-10,12,14H2. The number of allylic oxidation sites excluding steroid dienone is 1. The van der Waals surface area contributed by atoms with Gasteiger partial charge in [0.25, 0.3) is 0 Å². The van der Waals surface area contributed by atoms with Gasteiger partial charge in [0.2, 0.25) is 9.84 Å². The van der Waals surface area contributed by atoms with Crippen molar-refractivity contribution in [3.8, 4) is 0 Å². The Morgan fingerprint density at radius 3 is 2.62 bits per heavy atom. The molecule has 0 amide bonds. The van der Waals surface area contributed by atoms with E-state index in [2.05, 4.69) is 26.4 Å². The third kappa shape index (κ3) is 3.35. The van der Waals surface area contributed by atoms with Crippen molar-refractivity contribution in [2.75, 3.05) is 26.2 Å². The maximum atomic E-state index is 13.2. The first-order valence-electron chi connectivity index (χ1n) is 8.89. The number of sulfone groups is 1. The lowest BCUT2D eigenvalue weighted by Gasteiger charge is -2.30. The van der Waals surface area contributed by atoms with Crippen LogP contribution in [0.15, 0.2) is 69.9 Å². The average molecular weight is 436 g/mol. The van der Waals surface area contributed by atoms with Gasteiger partial charge in [0, 0.05) is 24.5 Å². The summed E-state index contributed by atoms with van der Waals surface area (Å²) in [5, 5.41) is 3.39. The van der Waals surface area contributed by atoms with E-state index < -0.39 is 9.84 Å². The number of hydrogen-bond donors (Lipinski definition) is 1. The van der Waals surface area contributed by atoms with Gasteiger partial charge in [-0.1, -0.05) is 18.2 Å². The maximum absolute atomic E-state index is 13.2. The molecule has 1 saturated heterocycles. The number of hydrogen-bond acceptors (Lipinski definition) is 5. The highest BCUT2D eigenvalue weighted by atomic mass is 79.9. The topological polar surface area (TPSA) is 52.7 Å². The lowest BCUT2D eigenvalue weighted by atomic mass is 9.97. The molecule has 0 aromatic heterocycles. The molecule has 0 radical (unpaired) electrons. The summed E-state index contributed by atoms with van der Waals surface area (Å²) in [4.78, 5) is 3.08. The Labute approximate surface area is 163 Å². The van der Waals surface area contributed by atoms with Crippen LogP contribution in [-0.2, 0) is 9.84 Å². The Balaban J connectivity index is 1.67. The fourth-order valence-electron chi connectivity index (χ4n) is 3.80. The van der Waals surface area contributed by atoms with E-state index in [1.807, 2.05) is 24.5 Å². The van der Waals surface area contributed by atoms with Gasteiger partial charge < -0.3 is 10.2 Å². The number of nitrogens with one attached hydrogen (secondary N) is 1. The van der Waals surface area contributed by atoms with E-state index in [1.54, 1.807) is 28.2 Å². The SMILES string of the molecule is O=S(=O)(C1=C2C=CN(Br)C=C2N(CC2CCNCC2)C1)c1ccccc1. The zero-order valence-corrected chi connectivity index (χ0v) is 16.8. The molecular formula is C19H22BrN3O2S. The molecule has 26 heavy (non-hydrogen) atoms. The highest BCUT2D eigenvalue weighted by molar-refractivity contribution is 9.07. The van der Waals surface area contributed by atoms with Crippen LogP contribution in [0.3, 0.4) is 0 Å². The summed E-state index contributed by atoms with van der Waals surface area (Å²) in [5.41, 5.74) is 1.80. The van der Waals surface area contributed by atoms with Gasteiger partial charge in [-0.15, -0.1) is 0 Å². The van der Waals surface area contributed by atoms with E-state index in [0.717, 1.165) is 43.7 Å². The second-order valence-corrected chi connectivity index (χ2v) is 9.69. The molecule has 1 N–H and O–H groups in total. The van der Waals surface area contributed by atoms with Crippen LogP contribution in [0, 0.1) is 5.92 Å². The molecule has 1 aromatic carbocycles. The van der Waals surface area contributed by atoms with E-state index in [4.69, 9.17) is 0 Å². The minimum absolute atomic E-state index is 0.361. The maximum Gasteiger partial charge on any atom is 0.205 e. The molecule has 0 spiro atoms. The molecule has 4 rings (SSSR count). The molecule has 0 aliphatic carbocycles. The number of piperidine rings is 1. The summed E-state index contributed by atoms with van der Waals surface area (Å²) in [5.74, 6) is 0.590. The lowest BCUT2D eigenvalue weighted by molar-refractivity contribution is 0.270. The van der Waals surface area contributed by atoms with Crippen molar-refractivity contribution in [2.45, 2.75) is 17.7 Å². The molecule has 0 saturated carbocycles. The van der Waals surface area contributed by atoms with Crippen molar-refractivity contribution < 1.29 is 8.42 Å². The number of fused-ring (bicyclic) bond motifs is 1. The number of benzene rings is 1. The number of nitrogens with zero attached hydrogens (tertiary/aromatic N) is 2. The Hall–Kier alpha value is -1.57. The van der Waals surface area contributed by atoms with Crippen molar-refractivity contribution in [2.24, 2.45) is 5.92 Å². The van der Waals surface area contributed by atoms with E-state index in [0.29, 0.717) is 22.3 Å². The smallest absolute Gasteiger partial charge is 0.205 e. The van der Waals surface area contributed by atoms with Gasteiger partial charge in [0.1, 0.15) is 0 Å². The first kappa shape index (κ1) is 17.8. The van der Waals surface area contributed by atoms with Gasteiger partial charge in [-0.3, -0.25) is 3.93 Å². The second-order valence-electron chi connectivity index (χ2n) is 6.90. The van der Waals surface area contributed by atoms with Crippen molar-refractivity contribution in [1.29, 1.82) is 0 Å². The zero-order chi connectivity index (χ0) is 18.1. The van der Waals surface area contributed by atoms with Crippen molar-refractivity contribution in [3.63, 3.8) is 0 Å². The van der Waals surface area contributed by atoms with E-state index in [9.17, 15) is 8.42 Å². The Kier molecular flexibility index (Phi) is 4.94. The fourth-order valence-corrected chi connectivity index (χ4v) is 5.70. The minimum Gasteiger partial charge on any atom is -0.364 e. The quantitative estimate of drug-likeness (QED) is 0.736. The summed E-state index contributed by atoms with van der Waals surface area (Å²) < 4.78 is 28.3. The van der Waals surface area contributed by atoms with Crippen molar-refractivity contribution in [1.82, 2.24) is 14.1 Å². The third-order valence-corrected chi connectivity index (χ3v) is 7.53. The zero-order valence-electron chi connectivity index (χ0n) is 14.4. The van der Waals surface area contributed by atoms with Crippen LogP contribution in [0.2, 0.25) is 0 Å². The molecule has 0 unspecified atom stereocenters. The monoisotopic (exact) mass is 435 g/mol. The van der Waals surface area contributed by atoms with Gasteiger partial charge in [-0.2, -0.15) is 0 Å². The van der Waals surface area contributed by atoms with Crippen LogP contribution in [0.1, 0.15) is 12.8 Å². The molecule has 0 bridgehead atoms. The summed E-state index contributed by atoms with van der Waals surface area (Å²) in [6.45, 7) is 3.40. The molecule has 1 fully saturated rings. The van der Waals surface area contributed by atoms with Gasteiger partial charge in [-0.05, 0) is 50.1 Å². The summed E-state index contributed by atoms with van der Waals surface area (Å²) in [7, 11) is -3.50. The number of halogens is 1. The molecule has 3 aliphatic heterocycles. The molecule has 3 aliphatic rings. The largest absolute Gasteiger partial charge is 0.364 e. The molecular weight excluding hydrogens is 414 g/mol. The van der Waals surface area contributed by atoms with E-state index in [1.165, 1.54) is 0 Å². The van der Waals surface area contributed by atoms with Crippen LogP contribution >= 0.6 is 16.1 Å². The molecule has 138 valence electrons. The molecule has 0 atom stereocenters. The van der Waals surface area contributed by atoms with Crippen LogP contribution in [0.5, 0.6) is 0 Å². The highest BCUT2D eigenvalue weighted by Crippen LogP contribution is 2.38. The highest BCUT2D eigenvalue weighted by Gasteiger charge is 2.36. The third-order valence-electron chi connectivity index (χ3n) is 5.20. The summed E-state index contributed by atoms with van der Waals surface area (Å²) >= 11 is 3.45. The normalized spacial score (nSPS) is 21.2. The Morgan fingerprint density at radius 1 is 1.15 bits per heavy atom. The van der Waals surface area contributed by atoms with Crippen LogP contribution in [0.25, 0.3) is 0 Å². The predicted molar refractivity (Wildman–Crippen MR) is 106 cm³/mol. The van der Waals surface area contributed by atoms with Gasteiger partial charge in [-0.25, -0.2) is 8.42 Å². The van der Waals surface area contributed by atoms with Crippen molar-refractivity contribution >= 4 is 26.0 Å². The Morgan fingerprint density at radius 2 is 1.88 bits per heavy atom. The molecule has 3 heterocycles. The summed E-state index contributed by atoms with van der Waals surface area (Å²) in [6, 6.07) is 8.72. The van der Waals surface area contributed by atoms with E-state index in [-0.39, 0.29) is 0 Å². The first-order valence-corrected chi connectivity index (χ1v) is 11.1. The minimum atomic E-state index is -3.50. The molecule has 1 aromatic rings. The van der Waals surface area contributed by atoms with E-state index >= 15 is 0 Å². The van der Waals surface area contributed by atoms with Gasteiger partial charge >= 0.3 is 0 Å². The Bertz CT molecular complexity index is 871. The predicted octanol–water partition coefficient (Wildman–Crippen LogP) is 3.01. The van der Waals surface area contributed by atoms with Crippen molar-refractivity contribution in [3.05, 3.63) is 65.0 Å². The average Bonchev–Trinajstić information content (AvgIpc) is 3.02. The molecule has 7 heteroatoms.